The van der Waals surface area contributed by atoms with Crippen molar-refractivity contribution in [2.75, 3.05) is 19.3 Å². The molecule has 0 radical (unpaired) electrons. The van der Waals surface area contributed by atoms with E-state index in [2.05, 4.69) is 40.5 Å². The summed E-state index contributed by atoms with van der Waals surface area (Å²) < 4.78 is 0. The number of pyridine rings is 1. The number of carbonyl (C=O) groups excluding carboxylic acids is 1. The van der Waals surface area contributed by atoms with E-state index >= 15 is 0 Å². The molecule has 1 N–H and O–H groups in total. The van der Waals surface area contributed by atoms with Gasteiger partial charge in [0, 0.05) is 49.7 Å². The van der Waals surface area contributed by atoms with Crippen molar-refractivity contribution in [3.8, 4) is 0 Å². The summed E-state index contributed by atoms with van der Waals surface area (Å²) >= 11 is 1.74. The summed E-state index contributed by atoms with van der Waals surface area (Å²) in [6.07, 6.45) is 8.45. The lowest BCUT2D eigenvalue weighted by atomic mass is 10.0. The molecule has 116 valence electrons. The quantitative estimate of drug-likeness (QED) is 0.876. The molecule has 1 unspecified atom stereocenters. The molecule has 0 spiro atoms. The van der Waals surface area contributed by atoms with Gasteiger partial charge in [-0.3, -0.25) is 14.7 Å². The Balaban J connectivity index is 1.69. The van der Waals surface area contributed by atoms with Crippen molar-refractivity contribution in [2.45, 2.75) is 44.0 Å². The normalized spacial score (nSPS) is 18.4. The van der Waals surface area contributed by atoms with Crippen LogP contribution in [0.2, 0.25) is 0 Å². The lowest BCUT2D eigenvalue weighted by Gasteiger charge is -2.32. The van der Waals surface area contributed by atoms with Crippen LogP contribution in [0.3, 0.4) is 0 Å². The fourth-order valence-corrected chi connectivity index (χ4v) is 2.93. The van der Waals surface area contributed by atoms with E-state index in [0.717, 1.165) is 32.5 Å². The number of carbonyl (C=O) groups is 1. The minimum atomic E-state index is 0.199. The third-order valence-corrected chi connectivity index (χ3v) is 4.95. The second-order valence-corrected chi connectivity index (χ2v) is 7.00. The molecule has 21 heavy (non-hydrogen) atoms. The highest BCUT2D eigenvalue weighted by atomic mass is 32.2. The molecule has 2 rings (SSSR count). The van der Waals surface area contributed by atoms with Crippen molar-refractivity contribution >= 4 is 17.7 Å². The maximum Gasteiger partial charge on any atom is 0.221 e. The monoisotopic (exact) mass is 307 g/mol. The molecule has 1 saturated heterocycles. The summed E-state index contributed by atoms with van der Waals surface area (Å²) in [7, 11) is 0. The van der Waals surface area contributed by atoms with Gasteiger partial charge in [0.05, 0.1) is 0 Å². The van der Waals surface area contributed by atoms with Crippen LogP contribution in [0.4, 0.5) is 0 Å². The molecule has 0 aromatic carbocycles. The van der Waals surface area contributed by atoms with Crippen LogP contribution in [0.15, 0.2) is 24.5 Å². The van der Waals surface area contributed by atoms with Crippen molar-refractivity contribution in [3.63, 3.8) is 0 Å². The van der Waals surface area contributed by atoms with Gasteiger partial charge in [0.2, 0.25) is 5.91 Å². The number of amides is 1. The lowest BCUT2D eigenvalue weighted by Crippen LogP contribution is -2.44. The largest absolute Gasteiger partial charge is 0.353 e. The van der Waals surface area contributed by atoms with Crippen molar-refractivity contribution < 1.29 is 4.79 Å². The number of aromatic nitrogens is 1. The first-order valence-electron chi connectivity index (χ1n) is 7.61. The van der Waals surface area contributed by atoms with Gasteiger partial charge in [-0.25, -0.2) is 0 Å². The first-order valence-corrected chi connectivity index (χ1v) is 8.89. The lowest BCUT2D eigenvalue weighted by molar-refractivity contribution is -0.122. The Hall–Kier alpha value is -1.07. The minimum Gasteiger partial charge on any atom is -0.353 e. The van der Waals surface area contributed by atoms with Crippen LogP contribution >= 0.6 is 11.8 Å². The highest BCUT2D eigenvalue weighted by molar-refractivity contribution is 7.99. The Labute approximate surface area is 131 Å². The first kappa shape index (κ1) is 16.3. The molecule has 0 bridgehead atoms. The van der Waals surface area contributed by atoms with Crippen molar-refractivity contribution in [1.82, 2.24) is 15.2 Å². The summed E-state index contributed by atoms with van der Waals surface area (Å²) in [5, 5.41) is 3.58. The van der Waals surface area contributed by atoms with Crippen LogP contribution in [-0.2, 0) is 11.3 Å². The van der Waals surface area contributed by atoms with E-state index in [4.69, 9.17) is 0 Å². The molecular weight excluding hydrogens is 282 g/mol. The van der Waals surface area contributed by atoms with E-state index in [1.807, 2.05) is 12.4 Å². The van der Waals surface area contributed by atoms with Gasteiger partial charge in [-0.05, 0) is 36.8 Å². The fourth-order valence-electron chi connectivity index (χ4n) is 2.61. The number of hydrogen-bond acceptors (Lipinski definition) is 4. The van der Waals surface area contributed by atoms with Crippen LogP contribution in [0.5, 0.6) is 0 Å². The van der Waals surface area contributed by atoms with Crippen molar-refractivity contribution in [3.05, 3.63) is 30.1 Å². The topological polar surface area (TPSA) is 45.2 Å². The number of likely N-dealkylation sites (tertiary alicyclic amines) is 1. The smallest absolute Gasteiger partial charge is 0.221 e. The molecule has 1 fully saturated rings. The molecule has 0 saturated carbocycles. The van der Waals surface area contributed by atoms with Gasteiger partial charge in [-0.2, -0.15) is 11.8 Å². The summed E-state index contributed by atoms with van der Waals surface area (Å²) in [6.45, 7) is 5.17. The predicted molar refractivity (Wildman–Crippen MR) is 88.3 cm³/mol. The molecule has 1 aliphatic rings. The molecule has 1 amide bonds. The molecule has 0 aliphatic carbocycles. The third-order valence-electron chi connectivity index (χ3n) is 3.98. The Kier molecular flexibility index (Phi) is 6.51. The maximum absolute atomic E-state index is 11.9. The van der Waals surface area contributed by atoms with Crippen molar-refractivity contribution in [1.29, 1.82) is 0 Å². The molecule has 1 atom stereocenters. The van der Waals surface area contributed by atoms with E-state index < -0.39 is 0 Å². The Bertz CT molecular complexity index is 432. The SMILES string of the molecule is CSC(C)CC(=O)NC1CCN(Cc2ccncc2)CC1. The second kappa shape index (κ2) is 8.39. The number of rotatable bonds is 6. The van der Waals surface area contributed by atoms with Crippen molar-refractivity contribution in [2.24, 2.45) is 0 Å². The Morgan fingerprint density at radius 2 is 2.10 bits per heavy atom. The maximum atomic E-state index is 11.9. The highest BCUT2D eigenvalue weighted by Crippen LogP contribution is 2.15. The average molecular weight is 307 g/mol. The molecule has 1 aromatic heterocycles. The molecule has 1 aliphatic heterocycles. The van der Waals surface area contributed by atoms with Gasteiger partial charge < -0.3 is 5.32 Å². The molecule has 5 heteroatoms. The van der Waals surface area contributed by atoms with E-state index in [-0.39, 0.29) is 5.91 Å². The molecule has 2 heterocycles. The average Bonchev–Trinajstić information content (AvgIpc) is 2.50. The summed E-state index contributed by atoms with van der Waals surface area (Å²) in [4.78, 5) is 18.4. The van der Waals surface area contributed by atoms with Gasteiger partial charge >= 0.3 is 0 Å². The summed E-state index contributed by atoms with van der Waals surface area (Å²) in [5.74, 6) is 0.199. The minimum absolute atomic E-state index is 0.199. The van der Waals surface area contributed by atoms with E-state index in [1.165, 1.54) is 5.56 Å². The van der Waals surface area contributed by atoms with Gasteiger partial charge in [-0.15, -0.1) is 0 Å². The number of thioether (sulfide) groups is 1. The highest BCUT2D eigenvalue weighted by Gasteiger charge is 2.21. The zero-order valence-electron chi connectivity index (χ0n) is 12.9. The van der Waals surface area contributed by atoms with Gasteiger partial charge in [-0.1, -0.05) is 6.92 Å². The van der Waals surface area contributed by atoms with E-state index in [0.29, 0.717) is 17.7 Å². The molecule has 1 aromatic rings. The number of hydrogen-bond donors (Lipinski definition) is 1. The van der Waals surface area contributed by atoms with Crippen LogP contribution in [-0.4, -0.2) is 46.4 Å². The van der Waals surface area contributed by atoms with Gasteiger partial charge in [0.25, 0.3) is 0 Å². The second-order valence-electron chi connectivity index (χ2n) is 5.72. The molecular formula is C16H25N3OS. The zero-order chi connectivity index (χ0) is 15.1. The third kappa shape index (κ3) is 5.67. The standard InChI is InChI=1S/C16H25N3OS/c1-13(21-2)11-16(20)18-15-5-9-19(10-6-15)12-14-3-7-17-8-4-14/h3-4,7-8,13,15H,5-6,9-12H2,1-2H3,(H,18,20). The number of piperidine rings is 1. The summed E-state index contributed by atoms with van der Waals surface area (Å²) in [6, 6.07) is 4.48. The molecule has 4 nitrogen and oxygen atoms in total. The number of nitrogens with zero attached hydrogens (tertiary/aromatic N) is 2. The zero-order valence-corrected chi connectivity index (χ0v) is 13.7. The number of nitrogens with one attached hydrogen (secondary N) is 1. The van der Waals surface area contributed by atoms with Crippen LogP contribution in [0.25, 0.3) is 0 Å². The Morgan fingerprint density at radius 1 is 1.43 bits per heavy atom. The van der Waals surface area contributed by atoms with Crippen LogP contribution < -0.4 is 5.32 Å². The predicted octanol–water partition coefficient (Wildman–Crippen LogP) is 2.30. The summed E-state index contributed by atoms with van der Waals surface area (Å²) in [5.41, 5.74) is 1.31. The van der Waals surface area contributed by atoms with Gasteiger partial charge in [0.15, 0.2) is 0 Å². The van der Waals surface area contributed by atoms with Gasteiger partial charge in [0.1, 0.15) is 0 Å². The Morgan fingerprint density at radius 3 is 2.71 bits per heavy atom. The van der Waals surface area contributed by atoms with E-state index in [1.54, 1.807) is 11.8 Å². The fraction of sp³-hybridized carbons (Fsp3) is 0.625. The van der Waals surface area contributed by atoms with E-state index in [9.17, 15) is 4.79 Å². The van der Waals surface area contributed by atoms with Crippen LogP contribution in [0, 0.1) is 0 Å². The first-order chi connectivity index (χ1) is 10.2. The van der Waals surface area contributed by atoms with Crippen LogP contribution in [0.1, 0.15) is 31.7 Å².